The fraction of sp³-hybridized carbons (Fsp3) is 0.929. The molecule has 0 aromatic heterocycles. The molecule has 0 saturated carbocycles. The van der Waals surface area contributed by atoms with Crippen molar-refractivity contribution < 1.29 is 13.2 Å². The third kappa shape index (κ3) is 3.40. The Balaban J connectivity index is 1.49. The molecule has 3 aliphatic rings. The molecular formula is C14H25N3O3S. The molecule has 3 aliphatic heterocycles. The van der Waals surface area contributed by atoms with Crippen LogP contribution in [-0.2, 0) is 14.8 Å². The van der Waals surface area contributed by atoms with Gasteiger partial charge in [-0.05, 0) is 44.2 Å². The van der Waals surface area contributed by atoms with E-state index in [1.807, 2.05) is 4.90 Å². The maximum absolute atomic E-state index is 12.3. The Morgan fingerprint density at radius 2 is 1.76 bits per heavy atom. The zero-order chi connectivity index (χ0) is 14.9. The molecule has 0 bridgehead atoms. The summed E-state index contributed by atoms with van der Waals surface area (Å²) >= 11 is 0. The normalized spacial score (nSPS) is 32.9. The number of hydrogen-bond donors (Lipinski definition) is 1. The highest BCUT2D eigenvalue weighted by Crippen LogP contribution is 2.27. The molecule has 3 rings (SSSR count). The van der Waals surface area contributed by atoms with E-state index in [9.17, 15) is 13.2 Å². The van der Waals surface area contributed by atoms with Crippen LogP contribution in [-0.4, -0.2) is 68.6 Å². The molecule has 0 radical (unpaired) electrons. The van der Waals surface area contributed by atoms with E-state index >= 15 is 0 Å². The molecule has 2 atom stereocenters. The molecule has 120 valence electrons. The molecule has 0 aromatic rings. The smallest absolute Gasteiger partial charge is 0.223 e. The van der Waals surface area contributed by atoms with E-state index in [1.54, 1.807) is 0 Å². The molecule has 1 amide bonds. The zero-order valence-corrected chi connectivity index (χ0v) is 13.3. The zero-order valence-electron chi connectivity index (χ0n) is 12.5. The van der Waals surface area contributed by atoms with Gasteiger partial charge in [0.15, 0.2) is 0 Å². The molecule has 21 heavy (non-hydrogen) atoms. The van der Waals surface area contributed by atoms with Gasteiger partial charge in [0.25, 0.3) is 0 Å². The van der Waals surface area contributed by atoms with Crippen molar-refractivity contribution in [2.45, 2.75) is 25.7 Å². The Bertz CT molecular complexity index is 480. The lowest BCUT2D eigenvalue weighted by Gasteiger charge is -2.22. The quantitative estimate of drug-likeness (QED) is 0.788. The molecule has 0 spiro atoms. The summed E-state index contributed by atoms with van der Waals surface area (Å²) in [5.41, 5.74) is 0. The molecule has 3 fully saturated rings. The van der Waals surface area contributed by atoms with E-state index < -0.39 is 10.0 Å². The van der Waals surface area contributed by atoms with Gasteiger partial charge in [0, 0.05) is 32.6 Å². The first kappa shape index (κ1) is 15.2. The van der Waals surface area contributed by atoms with Gasteiger partial charge in [-0.2, -0.15) is 0 Å². The number of nitrogens with one attached hydrogen (secondary N) is 1. The first-order valence-corrected chi connectivity index (χ1v) is 9.63. The fourth-order valence-corrected chi connectivity index (χ4v) is 5.32. The van der Waals surface area contributed by atoms with E-state index in [0.29, 0.717) is 37.8 Å². The van der Waals surface area contributed by atoms with E-state index in [-0.39, 0.29) is 11.7 Å². The molecule has 1 N–H and O–H groups in total. The maximum atomic E-state index is 12.3. The number of amides is 1. The van der Waals surface area contributed by atoms with Crippen LogP contribution in [0.2, 0.25) is 0 Å². The summed E-state index contributed by atoms with van der Waals surface area (Å²) in [6, 6.07) is 0. The number of fused-ring (bicyclic) bond motifs is 1. The van der Waals surface area contributed by atoms with Gasteiger partial charge in [0.05, 0.1) is 5.75 Å². The van der Waals surface area contributed by atoms with Crippen molar-refractivity contribution in [1.82, 2.24) is 14.5 Å². The topological polar surface area (TPSA) is 69.7 Å². The van der Waals surface area contributed by atoms with E-state index in [4.69, 9.17) is 0 Å². The highest BCUT2D eigenvalue weighted by atomic mass is 32.2. The van der Waals surface area contributed by atoms with Crippen LogP contribution in [0, 0.1) is 11.8 Å². The summed E-state index contributed by atoms with van der Waals surface area (Å²) in [7, 11) is -3.08. The molecule has 3 heterocycles. The van der Waals surface area contributed by atoms with Crippen LogP contribution < -0.4 is 5.32 Å². The number of sulfonamides is 1. The van der Waals surface area contributed by atoms with Crippen molar-refractivity contribution in [3.8, 4) is 0 Å². The fourth-order valence-electron chi connectivity index (χ4n) is 3.79. The highest BCUT2D eigenvalue weighted by Gasteiger charge is 2.32. The minimum Gasteiger partial charge on any atom is -0.343 e. The summed E-state index contributed by atoms with van der Waals surface area (Å²) in [6.45, 7) is 4.75. The lowest BCUT2D eigenvalue weighted by atomic mass is 9.92. The Morgan fingerprint density at radius 1 is 1.10 bits per heavy atom. The van der Waals surface area contributed by atoms with Crippen molar-refractivity contribution in [2.75, 3.05) is 45.0 Å². The molecule has 0 unspecified atom stereocenters. The van der Waals surface area contributed by atoms with Crippen molar-refractivity contribution >= 4 is 15.9 Å². The number of carbonyl (C=O) groups is 1. The van der Waals surface area contributed by atoms with Gasteiger partial charge in [-0.3, -0.25) is 4.79 Å². The lowest BCUT2D eigenvalue weighted by molar-refractivity contribution is -0.131. The standard InChI is InChI=1S/C14H25N3O3S/c18-14(4-8-17-5-1-9-21(17,19)20)16-6-2-12-10-15-11-13(12)3-7-16/h12-13,15H,1-11H2/t12-,13+. The number of nitrogens with zero attached hydrogens (tertiary/aromatic N) is 2. The van der Waals surface area contributed by atoms with Gasteiger partial charge in [0.1, 0.15) is 0 Å². The van der Waals surface area contributed by atoms with Gasteiger partial charge in [-0.1, -0.05) is 0 Å². The van der Waals surface area contributed by atoms with Crippen LogP contribution in [0.15, 0.2) is 0 Å². The Morgan fingerprint density at radius 3 is 2.33 bits per heavy atom. The van der Waals surface area contributed by atoms with Crippen LogP contribution in [0.4, 0.5) is 0 Å². The third-order valence-electron chi connectivity index (χ3n) is 5.15. The van der Waals surface area contributed by atoms with E-state index in [2.05, 4.69) is 5.32 Å². The third-order valence-corrected chi connectivity index (χ3v) is 7.11. The van der Waals surface area contributed by atoms with Crippen molar-refractivity contribution in [1.29, 1.82) is 0 Å². The Labute approximate surface area is 126 Å². The minimum atomic E-state index is -3.08. The van der Waals surface area contributed by atoms with Gasteiger partial charge in [-0.15, -0.1) is 0 Å². The molecule has 0 aliphatic carbocycles. The molecule has 3 saturated heterocycles. The summed E-state index contributed by atoms with van der Waals surface area (Å²) in [6.07, 6.45) is 3.17. The summed E-state index contributed by atoms with van der Waals surface area (Å²) in [4.78, 5) is 14.3. The van der Waals surface area contributed by atoms with Crippen LogP contribution in [0.25, 0.3) is 0 Å². The van der Waals surface area contributed by atoms with Crippen molar-refractivity contribution in [3.05, 3.63) is 0 Å². The largest absolute Gasteiger partial charge is 0.343 e. The first-order valence-electron chi connectivity index (χ1n) is 8.02. The monoisotopic (exact) mass is 315 g/mol. The minimum absolute atomic E-state index is 0.116. The van der Waals surface area contributed by atoms with Crippen molar-refractivity contribution in [3.63, 3.8) is 0 Å². The Kier molecular flexibility index (Phi) is 4.51. The van der Waals surface area contributed by atoms with Crippen molar-refractivity contribution in [2.24, 2.45) is 11.8 Å². The predicted octanol–water partition coefficient (Wildman–Crippen LogP) is -0.130. The number of hydrogen-bond acceptors (Lipinski definition) is 4. The van der Waals surface area contributed by atoms with Gasteiger partial charge < -0.3 is 10.2 Å². The number of likely N-dealkylation sites (tertiary alicyclic amines) is 1. The second-order valence-corrected chi connectivity index (χ2v) is 8.54. The van der Waals surface area contributed by atoms with E-state index in [0.717, 1.165) is 39.0 Å². The van der Waals surface area contributed by atoms with Gasteiger partial charge in [-0.25, -0.2) is 12.7 Å². The van der Waals surface area contributed by atoms with Crippen LogP contribution in [0.1, 0.15) is 25.7 Å². The summed E-state index contributed by atoms with van der Waals surface area (Å²) in [5.74, 6) is 1.77. The first-order chi connectivity index (χ1) is 10.1. The molecule has 0 aromatic carbocycles. The average Bonchev–Trinajstić information content (AvgIpc) is 2.97. The van der Waals surface area contributed by atoms with Crippen LogP contribution >= 0.6 is 0 Å². The number of carbonyl (C=O) groups excluding carboxylic acids is 1. The molecular weight excluding hydrogens is 290 g/mol. The predicted molar refractivity (Wildman–Crippen MR) is 80.3 cm³/mol. The number of rotatable bonds is 3. The molecule has 6 nitrogen and oxygen atoms in total. The summed E-state index contributed by atoms with van der Waals surface area (Å²) < 4.78 is 24.9. The van der Waals surface area contributed by atoms with Gasteiger partial charge >= 0.3 is 0 Å². The molecule has 7 heteroatoms. The second-order valence-electron chi connectivity index (χ2n) is 6.46. The second kappa shape index (κ2) is 6.22. The lowest BCUT2D eigenvalue weighted by Crippen LogP contribution is -2.36. The van der Waals surface area contributed by atoms with Gasteiger partial charge in [0.2, 0.25) is 15.9 Å². The van der Waals surface area contributed by atoms with E-state index in [1.165, 1.54) is 4.31 Å². The Hall–Kier alpha value is -0.660. The van der Waals surface area contributed by atoms with Crippen LogP contribution in [0.5, 0.6) is 0 Å². The average molecular weight is 315 g/mol. The SMILES string of the molecule is O=C(CCN1CCCS1(=O)=O)N1CC[C@@H]2CNC[C@@H]2CC1. The summed E-state index contributed by atoms with van der Waals surface area (Å²) in [5, 5.41) is 3.43. The van der Waals surface area contributed by atoms with Crippen LogP contribution in [0.3, 0.4) is 0 Å². The maximum Gasteiger partial charge on any atom is 0.223 e. The highest BCUT2D eigenvalue weighted by molar-refractivity contribution is 7.89.